The molecule has 0 unspecified atom stereocenters. The summed E-state index contributed by atoms with van der Waals surface area (Å²) < 4.78 is 13.6. The molecule has 1 aromatic rings. The van der Waals surface area contributed by atoms with Gasteiger partial charge in [-0.2, -0.15) is 5.26 Å². The predicted molar refractivity (Wildman–Crippen MR) is 78.1 cm³/mol. The number of rotatable bonds is 4. The second kappa shape index (κ2) is 7.27. The number of piperidine rings is 1. The monoisotopic (exact) mass is 293 g/mol. The van der Waals surface area contributed by atoms with Gasteiger partial charge in [-0.3, -0.25) is 4.79 Å². The van der Waals surface area contributed by atoms with Crippen LogP contribution >= 0.6 is 11.8 Å². The van der Waals surface area contributed by atoms with Crippen LogP contribution in [-0.4, -0.2) is 30.0 Å². The normalized spacial score (nSPS) is 15.6. The molecule has 6 heteroatoms. The quantitative estimate of drug-likeness (QED) is 0.892. The van der Waals surface area contributed by atoms with Gasteiger partial charge in [-0.1, -0.05) is 0 Å². The van der Waals surface area contributed by atoms with E-state index in [4.69, 9.17) is 5.26 Å². The first kappa shape index (κ1) is 14.8. The lowest BCUT2D eigenvalue weighted by Gasteiger charge is -2.21. The molecule has 1 aliphatic rings. The van der Waals surface area contributed by atoms with E-state index in [1.54, 1.807) is 11.8 Å². The average Bonchev–Trinajstić information content (AvgIpc) is 2.48. The maximum Gasteiger partial charge on any atom is 0.234 e. The second-order valence-corrected chi connectivity index (χ2v) is 5.90. The molecule has 0 atom stereocenters. The number of benzene rings is 1. The van der Waals surface area contributed by atoms with E-state index in [0.29, 0.717) is 11.0 Å². The maximum absolute atomic E-state index is 13.6. The van der Waals surface area contributed by atoms with Gasteiger partial charge in [0.05, 0.1) is 23.1 Å². The Kier molecular flexibility index (Phi) is 5.39. The number of thioether (sulfide) groups is 1. The van der Waals surface area contributed by atoms with Gasteiger partial charge in [-0.05, 0) is 44.1 Å². The molecule has 0 bridgehead atoms. The summed E-state index contributed by atoms with van der Waals surface area (Å²) in [5.41, 5.74) is 0.365. The van der Waals surface area contributed by atoms with E-state index < -0.39 is 5.82 Å². The zero-order valence-corrected chi connectivity index (χ0v) is 11.8. The van der Waals surface area contributed by atoms with Gasteiger partial charge < -0.3 is 10.6 Å². The first-order valence-corrected chi connectivity index (χ1v) is 7.56. The standard InChI is InChI=1S/C14H16FN3OS/c15-12-7-10(8-16)1-2-13(12)18-14(19)9-20-11-3-5-17-6-4-11/h1-2,7,11,17H,3-6,9H2,(H,18,19). The Labute approximate surface area is 121 Å². The van der Waals surface area contributed by atoms with Gasteiger partial charge in [0.25, 0.3) is 0 Å². The van der Waals surface area contributed by atoms with Crippen molar-refractivity contribution in [1.82, 2.24) is 5.32 Å². The Hall–Kier alpha value is -1.58. The summed E-state index contributed by atoms with van der Waals surface area (Å²) in [6, 6.07) is 5.88. The van der Waals surface area contributed by atoms with E-state index in [2.05, 4.69) is 10.6 Å². The van der Waals surface area contributed by atoms with Crippen LogP contribution in [0.3, 0.4) is 0 Å². The van der Waals surface area contributed by atoms with Gasteiger partial charge in [-0.25, -0.2) is 4.39 Å². The molecule has 0 aliphatic carbocycles. The largest absolute Gasteiger partial charge is 0.323 e. The minimum absolute atomic E-state index is 0.125. The van der Waals surface area contributed by atoms with E-state index >= 15 is 0 Å². The van der Waals surface area contributed by atoms with Crippen LogP contribution in [-0.2, 0) is 4.79 Å². The predicted octanol–water partition coefficient (Wildman–Crippen LogP) is 2.12. The molecule has 0 saturated carbocycles. The summed E-state index contributed by atoms with van der Waals surface area (Å²) in [5, 5.41) is 15.0. The second-order valence-electron chi connectivity index (χ2n) is 4.61. The molecule has 2 N–H and O–H groups in total. The van der Waals surface area contributed by atoms with Crippen molar-refractivity contribution in [2.75, 3.05) is 24.2 Å². The molecular weight excluding hydrogens is 277 g/mol. The summed E-state index contributed by atoms with van der Waals surface area (Å²) >= 11 is 1.61. The highest BCUT2D eigenvalue weighted by molar-refractivity contribution is 8.00. The Balaban J connectivity index is 1.83. The van der Waals surface area contributed by atoms with Crippen molar-refractivity contribution >= 4 is 23.4 Å². The number of hydrogen-bond donors (Lipinski definition) is 2. The highest BCUT2D eigenvalue weighted by Crippen LogP contribution is 2.21. The molecule has 1 aromatic carbocycles. The van der Waals surface area contributed by atoms with Crippen LogP contribution in [0.1, 0.15) is 18.4 Å². The smallest absolute Gasteiger partial charge is 0.234 e. The van der Waals surface area contributed by atoms with E-state index in [-0.39, 0.29) is 17.2 Å². The molecule has 1 aliphatic heterocycles. The molecule has 0 radical (unpaired) electrons. The Morgan fingerprint density at radius 1 is 1.50 bits per heavy atom. The molecular formula is C14H16FN3OS. The number of nitriles is 1. The van der Waals surface area contributed by atoms with Crippen LogP contribution in [0.2, 0.25) is 0 Å². The van der Waals surface area contributed by atoms with Gasteiger partial charge >= 0.3 is 0 Å². The van der Waals surface area contributed by atoms with Crippen LogP contribution in [0.4, 0.5) is 10.1 Å². The number of amides is 1. The number of hydrogen-bond acceptors (Lipinski definition) is 4. The number of anilines is 1. The third-order valence-corrected chi connectivity index (χ3v) is 4.48. The van der Waals surface area contributed by atoms with E-state index in [1.807, 2.05) is 6.07 Å². The van der Waals surface area contributed by atoms with Crippen LogP contribution in [0.5, 0.6) is 0 Å². The third-order valence-electron chi connectivity index (χ3n) is 3.11. The first-order valence-electron chi connectivity index (χ1n) is 6.51. The van der Waals surface area contributed by atoms with Crippen molar-refractivity contribution < 1.29 is 9.18 Å². The minimum atomic E-state index is -0.579. The van der Waals surface area contributed by atoms with Crippen LogP contribution in [0.15, 0.2) is 18.2 Å². The molecule has 2 rings (SSSR count). The molecule has 0 aromatic heterocycles. The summed E-state index contributed by atoms with van der Waals surface area (Å²) in [4.78, 5) is 11.8. The van der Waals surface area contributed by atoms with Crippen LogP contribution in [0.25, 0.3) is 0 Å². The topological polar surface area (TPSA) is 64.9 Å². The van der Waals surface area contributed by atoms with E-state index in [9.17, 15) is 9.18 Å². The summed E-state index contributed by atoms with van der Waals surface area (Å²) in [5.74, 6) is -0.467. The SMILES string of the molecule is N#Cc1ccc(NC(=O)CSC2CCNCC2)c(F)c1. The van der Waals surface area contributed by atoms with Crippen molar-refractivity contribution in [1.29, 1.82) is 5.26 Å². The fourth-order valence-corrected chi connectivity index (χ4v) is 3.06. The molecule has 4 nitrogen and oxygen atoms in total. The van der Waals surface area contributed by atoms with Crippen molar-refractivity contribution in [2.45, 2.75) is 18.1 Å². The third kappa shape index (κ3) is 4.22. The summed E-state index contributed by atoms with van der Waals surface area (Å²) in [6.45, 7) is 1.98. The lowest BCUT2D eigenvalue weighted by atomic mass is 10.2. The van der Waals surface area contributed by atoms with Crippen molar-refractivity contribution in [2.24, 2.45) is 0 Å². The van der Waals surface area contributed by atoms with Crippen LogP contribution < -0.4 is 10.6 Å². The summed E-state index contributed by atoms with van der Waals surface area (Å²) in [6.07, 6.45) is 2.12. The minimum Gasteiger partial charge on any atom is -0.323 e. The van der Waals surface area contributed by atoms with Gasteiger partial charge in [-0.15, -0.1) is 11.8 Å². The lowest BCUT2D eigenvalue weighted by molar-refractivity contribution is -0.113. The fourth-order valence-electron chi connectivity index (χ4n) is 2.03. The molecule has 1 saturated heterocycles. The number of nitrogens with one attached hydrogen (secondary N) is 2. The number of halogens is 1. The number of carbonyl (C=O) groups excluding carboxylic acids is 1. The van der Waals surface area contributed by atoms with Gasteiger partial charge in [0.2, 0.25) is 5.91 Å². The molecule has 1 heterocycles. The molecule has 106 valence electrons. The first-order chi connectivity index (χ1) is 9.69. The zero-order chi connectivity index (χ0) is 14.4. The molecule has 0 spiro atoms. The Morgan fingerprint density at radius 3 is 2.90 bits per heavy atom. The zero-order valence-electron chi connectivity index (χ0n) is 11.0. The van der Waals surface area contributed by atoms with Crippen molar-refractivity contribution in [3.8, 4) is 6.07 Å². The highest BCUT2D eigenvalue weighted by atomic mass is 32.2. The highest BCUT2D eigenvalue weighted by Gasteiger charge is 2.15. The fraction of sp³-hybridized carbons (Fsp3) is 0.429. The Bertz CT molecular complexity index is 524. The van der Waals surface area contributed by atoms with Gasteiger partial charge in [0.1, 0.15) is 5.82 Å². The van der Waals surface area contributed by atoms with Crippen LogP contribution in [0, 0.1) is 17.1 Å². The average molecular weight is 293 g/mol. The van der Waals surface area contributed by atoms with Gasteiger partial charge in [0, 0.05) is 5.25 Å². The lowest BCUT2D eigenvalue weighted by Crippen LogP contribution is -2.30. The number of carbonyl (C=O) groups is 1. The molecule has 20 heavy (non-hydrogen) atoms. The van der Waals surface area contributed by atoms with E-state index in [1.165, 1.54) is 12.1 Å². The van der Waals surface area contributed by atoms with Crippen molar-refractivity contribution in [3.63, 3.8) is 0 Å². The van der Waals surface area contributed by atoms with Crippen molar-refractivity contribution in [3.05, 3.63) is 29.6 Å². The molecule has 1 amide bonds. The van der Waals surface area contributed by atoms with E-state index in [0.717, 1.165) is 32.0 Å². The molecule has 1 fully saturated rings. The maximum atomic E-state index is 13.6. The van der Waals surface area contributed by atoms with Gasteiger partial charge in [0.15, 0.2) is 0 Å². The Morgan fingerprint density at radius 2 is 2.25 bits per heavy atom. The summed E-state index contributed by atoms with van der Waals surface area (Å²) in [7, 11) is 0. The number of nitrogens with zero attached hydrogens (tertiary/aromatic N) is 1.